The van der Waals surface area contributed by atoms with Crippen LogP contribution in [0, 0.1) is 5.92 Å². The molecule has 4 rings (SSSR count). The number of likely N-dealkylation sites (tertiary alicyclic amines) is 1. The Morgan fingerprint density at radius 3 is 2.70 bits per heavy atom. The lowest BCUT2D eigenvalue weighted by atomic mass is 9.88. The highest BCUT2D eigenvalue weighted by Gasteiger charge is 2.23. The molecule has 0 amide bonds. The molecule has 0 aliphatic carbocycles. The fraction of sp³-hybridized carbons (Fsp3) is 0.435. The van der Waals surface area contributed by atoms with Crippen molar-refractivity contribution in [3.63, 3.8) is 0 Å². The molecule has 0 spiro atoms. The molecule has 3 aromatic rings. The first kappa shape index (κ1) is 18.1. The molecule has 27 heavy (non-hydrogen) atoms. The van der Waals surface area contributed by atoms with E-state index >= 15 is 0 Å². The summed E-state index contributed by atoms with van der Waals surface area (Å²) >= 11 is 0. The van der Waals surface area contributed by atoms with Gasteiger partial charge in [-0.25, -0.2) is 4.79 Å². The Labute approximate surface area is 159 Å². The number of furan rings is 1. The van der Waals surface area contributed by atoms with E-state index in [-0.39, 0.29) is 5.56 Å². The van der Waals surface area contributed by atoms with Crippen molar-refractivity contribution in [2.24, 2.45) is 5.92 Å². The molecule has 4 heteroatoms. The maximum Gasteiger partial charge on any atom is 0.339 e. The van der Waals surface area contributed by atoms with Gasteiger partial charge in [0.2, 0.25) is 0 Å². The highest BCUT2D eigenvalue weighted by molar-refractivity contribution is 6.13. The number of hydrogen-bond donors (Lipinski definition) is 1. The number of carboxylic acids is 1. The molecule has 2 heterocycles. The van der Waals surface area contributed by atoms with Crippen molar-refractivity contribution in [3.05, 3.63) is 47.5 Å². The fourth-order valence-electron chi connectivity index (χ4n) is 4.34. The van der Waals surface area contributed by atoms with Gasteiger partial charge in [-0.15, -0.1) is 0 Å². The number of piperidine rings is 1. The van der Waals surface area contributed by atoms with Crippen LogP contribution in [0.3, 0.4) is 0 Å². The minimum Gasteiger partial charge on any atom is -0.478 e. The van der Waals surface area contributed by atoms with Crippen molar-refractivity contribution in [1.82, 2.24) is 4.90 Å². The number of aromatic carboxylic acids is 1. The van der Waals surface area contributed by atoms with Crippen LogP contribution in [0.5, 0.6) is 0 Å². The molecule has 0 radical (unpaired) electrons. The minimum atomic E-state index is -0.935. The van der Waals surface area contributed by atoms with Crippen molar-refractivity contribution >= 4 is 27.9 Å². The Morgan fingerprint density at radius 2 is 1.96 bits per heavy atom. The van der Waals surface area contributed by atoms with Crippen LogP contribution in [0.2, 0.25) is 0 Å². The molecule has 2 aromatic carbocycles. The van der Waals surface area contributed by atoms with Gasteiger partial charge in [0.05, 0.1) is 0 Å². The average molecular weight is 365 g/mol. The zero-order valence-electron chi connectivity index (χ0n) is 15.9. The second-order valence-electron chi connectivity index (χ2n) is 7.72. The third kappa shape index (κ3) is 3.59. The van der Waals surface area contributed by atoms with E-state index in [4.69, 9.17) is 4.42 Å². The summed E-state index contributed by atoms with van der Waals surface area (Å²) in [5.74, 6) is -0.287. The van der Waals surface area contributed by atoms with E-state index in [0.717, 1.165) is 22.8 Å². The zero-order valence-corrected chi connectivity index (χ0v) is 15.9. The lowest BCUT2D eigenvalue weighted by Crippen LogP contribution is -2.34. The molecule has 0 unspecified atom stereocenters. The molecule has 0 bridgehead atoms. The molecule has 1 fully saturated rings. The lowest BCUT2D eigenvalue weighted by molar-refractivity contribution is 0.0698. The van der Waals surface area contributed by atoms with E-state index in [9.17, 15) is 9.90 Å². The van der Waals surface area contributed by atoms with E-state index in [2.05, 4.69) is 11.8 Å². The van der Waals surface area contributed by atoms with Crippen molar-refractivity contribution in [3.8, 4) is 0 Å². The van der Waals surface area contributed by atoms with Gasteiger partial charge in [0, 0.05) is 10.8 Å². The Kier molecular flexibility index (Phi) is 5.17. The summed E-state index contributed by atoms with van der Waals surface area (Å²) in [6.45, 7) is 5.81. The van der Waals surface area contributed by atoms with E-state index in [0.29, 0.717) is 11.5 Å². The van der Waals surface area contributed by atoms with Crippen molar-refractivity contribution in [2.75, 3.05) is 19.6 Å². The first-order valence-corrected chi connectivity index (χ1v) is 10.1. The summed E-state index contributed by atoms with van der Waals surface area (Å²) in [5, 5.41) is 11.6. The molecule has 1 aromatic heterocycles. The van der Waals surface area contributed by atoms with Crippen LogP contribution in [-0.4, -0.2) is 35.6 Å². The van der Waals surface area contributed by atoms with Crippen LogP contribution >= 0.6 is 0 Å². The van der Waals surface area contributed by atoms with E-state index in [1.807, 2.05) is 30.3 Å². The maximum absolute atomic E-state index is 11.6. The number of fused-ring (bicyclic) bond motifs is 3. The number of rotatable bonds is 6. The highest BCUT2D eigenvalue weighted by atomic mass is 16.4. The Hall–Kier alpha value is -2.33. The second-order valence-corrected chi connectivity index (χ2v) is 7.72. The summed E-state index contributed by atoms with van der Waals surface area (Å²) in [4.78, 5) is 14.2. The molecule has 1 saturated heterocycles. The first-order chi connectivity index (χ1) is 13.2. The summed E-state index contributed by atoms with van der Waals surface area (Å²) in [5.41, 5.74) is 2.74. The van der Waals surface area contributed by atoms with Gasteiger partial charge in [0.15, 0.2) is 0 Å². The van der Waals surface area contributed by atoms with Gasteiger partial charge in [0.1, 0.15) is 16.7 Å². The molecule has 1 aliphatic heterocycles. The van der Waals surface area contributed by atoms with Crippen LogP contribution in [0.25, 0.3) is 21.9 Å². The number of carbonyl (C=O) groups is 1. The van der Waals surface area contributed by atoms with Crippen LogP contribution in [-0.2, 0) is 6.42 Å². The van der Waals surface area contributed by atoms with Crippen LogP contribution < -0.4 is 0 Å². The molecule has 1 N–H and O–H groups in total. The SMILES string of the molecule is CCCCN1CCC(Cc2ccc(C(=O)O)c3oc4ccccc4c23)CC1. The number of para-hydroxylation sites is 1. The summed E-state index contributed by atoms with van der Waals surface area (Å²) in [6, 6.07) is 11.6. The predicted octanol–water partition coefficient (Wildman–Crippen LogP) is 5.34. The minimum absolute atomic E-state index is 0.249. The lowest BCUT2D eigenvalue weighted by Gasteiger charge is -2.32. The van der Waals surface area contributed by atoms with Gasteiger partial charge in [-0.05, 0) is 68.9 Å². The van der Waals surface area contributed by atoms with E-state index in [1.54, 1.807) is 6.07 Å². The maximum atomic E-state index is 11.6. The van der Waals surface area contributed by atoms with Gasteiger partial charge in [-0.2, -0.15) is 0 Å². The largest absolute Gasteiger partial charge is 0.478 e. The van der Waals surface area contributed by atoms with Crippen LogP contribution in [0.4, 0.5) is 0 Å². The zero-order chi connectivity index (χ0) is 18.8. The van der Waals surface area contributed by atoms with Gasteiger partial charge in [-0.3, -0.25) is 0 Å². The molecule has 0 atom stereocenters. The number of benzene rings is 2. The third-order valence-electron chi connectivity index (χ3n) is 5.89. The van der Waals surface area contributed by atoms with Gasteiger partial charge < -0.3 is 14.4 Å². The number of unbranched alkanes of at least 4 members (excludes halogenated alkanes) is 1. The third-order valence-corrected chi connectivity index (χ3v) is 5.89. The number of nitrogens with zero attached hydrogens (tertiary/aromatic N) is 1. The standard InChI is InChI=1S/C23H27NO3/c1-2-3-12-24-13-10-16(11-14-24)15-17-8-9-19(23(25)26)22-21(17)18-6-4-5-7-20(18)27-22/h4-9,16H,2-3,10-15H2,1H3,(H,25,26). The van der Waals surface area contributed by atoms with Gasteiger partial charge in [-0.1, -0.05) is 37.6 Å². The molecule has 1 aliphatic rings. The Morgan fingerprint density at radius 1 is 1.19 bits per heavy atom. The molecular weight excluding hydrogens is 338 g/mol. The van der Waals surface area contributed by atoms with Crippen molar-refractivity contribution in [1.29, 1.82) is 0 Å². The molecule has 0 saturated carbocycles. The Bertz CT molecular complexity index is 951. The molecular formula is C23H27NO3. The average Bonchev–Trinajstić information content (AvgIpc) is 3.07. The molecule has 142 valence electrons. The van der Waals surface area contributed by atoms with Crippen molar-refractivity contribution in [2.45, 2.75) is 39.0 Å². The predicted molar refractivity (Wildman–Crippen MR) is 108 cm³/mol. The summed E-state index contributed by atoms with van der Waals surface area (Å²) in [7, 11) is 0. The normalized spacial score (nSPS) is 16.3. The van der Waals surface area contributed by atoms with Crippen LogP contribution in [0.1, 0.15) is 48.5 Å². The quantitative estimate of drug-likeness (QED) is 0.641. The second kappa shape index (κ2) is 7.73. The van der Waals surface area contributed by atoms with Crippen molar-refractivity contribution < 1.29 is 14.3 Å². The summed E-state index contributed by atoms with van der Waals surface area (Å²) in [6.07, 6.45) is 5.94. The van der Waals surface area contributed by atoms with E-state index < -0.39 is 5.97 Å². The fourth-order valence-corrected chi connectivity index (χ4v) is 4.34. The number of hydrogen-bond acceptors (Lipinski definition) is 3. The molecule has 4 nitrogen and oxygen atoms in total. The summed E-state index contributed by atoms with van der Waals surface area (Å²) < 4.78 is 5.95. The van der Waals surface area contributed by atoms with E-state index in [1.165, 1.54) is 50.9 Å². The van der Waals surface area contributed by atoms with Gasteiger partial charge >= 0.3 is 5.97 Å². The smallest absolute Gasteiger partial charge is 0.339 e. The monoisotopic (exact) mass is 365 g/mol. The van der Waals surface area contributed by atoms with Gasteiger partial charge in [0.25, 0.3) is 0 Å². The Balaban J connectivity index is 1.63. The highest BCUT2D eigenvalue weighted by Crippen LogP contribution is 2.35. The van der Waals surface area contributed by atoms with Crippen LogP contribution in [0.15, 0.2) is 40.8 Å². The first-order valence-electron chi connectivity index (χ1n) is 10.1. The number of carboxylic acid groups (broad SMARTS) is 1. The topological polar surface area (TPSA) is 53.7 Å².